The number of hydrogen-bond acceptors (Lipinski definition) is 5. The molecule has 6 nitrogen and oxygen atoms in total. The van der Waals surface area contributed by atoms with Crippen LogP contribution < -0.4 is 20.3 Å². The second-order valence-electron chi connectivity index (χ2n) is 4.72. The highest BCUT2D eigenvalue weighted by atomic mass is 16.5. The number of carbonyl (C=O) groups excluding carboxylic acids is 1. The van der Waals surface area contributed by atoms with Crippen molar-refractivity contribution in [2.24, 2.45) is 7.05 Å². The van der Waals surface area contributed by atoms with Gasteiger partial charge in [-0.05, 0) is 24.3 Å². The second-order valence-corrected chi connectivity index (χ2v) is 4.72. The molecule has 6 heteroatoms. The van der Waals surface area contributed by atoms with E-state index in [0.717, 1.165) is 5.56 Å². The van der Waals surface area contributed by atoms with Gasteiger partial charge in [0.25, 0.3) is 5.56 Å². The maximum Gasteiger partial charge on any atom is 0.251 e. The van der Waals surface area contributed by atoms with Crippen molar-refractivity contribution in [2.75, 3.05) is 19.5 Å². The van der Waals surface area contributed by atoms with Crippen LogP contribution >= 0.6 is 0 Å². The Morgan fingerprint density at radius 3 is 2.52 bits per heavy atom. The van der Waals surface area contributed by atoms with E-state index in [4.69, 9.17) is 9.47 Å². The van der Waals surface area contributed by atoms with Crippen LogP contribution in [0.25, 0.3) is 5.70 Å². The van der Waals surface area contributed by atoms with Gasteiger partial charge in [-0.1, -0.05) is 6.07 Å². The molecule has 0 aliphatic carbocycles. The lowest BCUT2D eigenvalue weighted by Crippen LogP contribution is -2.18. The van der Waals surface area contributed by atoms with Gasteiger partial charge in [-0.15, -0.1) is 0 Å². The van der Waals surface area contributed by atoms with Crippen LogP contribution in [0.1, 0.15) is 5.56 Å². The number of nitrogens with zero attached hydrogens (tertiary/aromatic N) is 1. The van der Waals surface area contributed by atoms with Crippen LogP contribution in [0.3, 0.4) is 0 Å². The van der Waals surface area contributed by atoms with E-state index in [1.165, 1.54) is 16.7 Å². The zero-order valence-corrected chi connectivity index (χ0v) is 13.2. The maximum absolute atomic E-state index is 11.7. The smallest absolute Gasteiger partial charge is 0.251 e. The standard InChI is InChI=1S/C17H18N2O4/c1-19-16(5-4-6-17(19)21)18-13(9-10-20)12-7-8-14(22-2)15(11-12)23-3/h4-11,18H,1-3H3/b13-9-. The topological polar surface area (TPSA) is 69.6 Å². The van der Waals surface area contributed by atoms with Gasteiger partial charge in [0.15, 0.2) is 11.5 Å². The van der Waals surface area contributed by atoms with Gasteiger partial charge in [0.05, 0.1) is 19.9 Å². The number of allylic oxidation sites excluding steroid dienone is 1. The molecule has 0 unspecified atom stereocenters. The highest BCUT2D eigenvalue weighted by Crippen LogP contribution is 2.30. The summed E-state index contributed by atoms with van der Waals surface area (Å²) in [7, 11) is 4.74. The summed E-state index contributed by atoms with van der Waals surface area (Å²) in [6.07, 6.45) is 2.07. The first-order valence-electron chi connectivity index (χ1n) is 6.91. The lowest BCUT2D eigenvalue weighted by atomic mass is 10.1. The minimum absolute atomic E-state index is 0.146. The third kappa shape index (κ3) is 3.60. The quantitative estimate of drug-likeness (QED) is 0.653. The molecule has 0 saturated heterocycles. The van der Waals surface area contributed by atoms with Gasteiger partial charge in [-0.25, -0.2) is 0 Å². The molecule has 0 spiro atoms. The molecule has 0 aliphatic heterocycles. The lowest BCUT2D eigenvalue weighted by molar-refractivity contribution is -0.104. The average Bonchev–Trinajstić information content (AvgIpc) is 2.57. The maximum atomic E-state index is 11.7. The summed E-state index contributed by atoms with van der Waals surface area (Å²) in [5.74, 6) is 1.71. The number of benzene rings is 1. The summed E-state index contributed by atoms with van der Waals surface area (Å²) in [6.45, 7) is 0. The molecule has 0 amide bonds. The summed E-state index contributed by atoms with van der Waals surface area (Å²) in [5.41, 5.74) is 1.13. The molecule has 0 bridgehead atoms. The molecule has 120 valence electrons. The number of hydrogen-bond donors (Lipinski definition) is 1. The van der Waals surface area contributed by atoms with E-state index in [0.29, 0.717) is 29.3 Å². The predicted octanol–water partition coefficient (Wildman–Crippen LogP) is 2.05. The zero-order chi connectivity index (χ0) is 16.8. The fourth-order valence-electron chi connectivity index (χ4n) is 2.11. The van der Waals surface area contributed by atoms with Crippen molar-refractivity contribution in [3.63, 3.8) is 0 Å². The first-order valence-corrected chi connectivity index (χ1v) is 6.91. The van der Waals surface area contributed by atoms with Crippen molar-refractivity contribution < 1.29 is 14.3 Å². The van der Waals surface area contributed by atoms with Gasteiger partial charge >= 0.3 is 0 Å². The Balaban J connectivity index is 2.43. The predicted molar refractivity (Wildman–Crippen MR) is 88.9 cm³/mol. The minimum atomic E-state index is -0.146. The SMILES string of the molecule is COc1ccc(/C(=C/C=O)Nc2cccc(=O)n2C)cc1OC. The summed E-state index contributed by atoms with van der Waals surface area (Å²) in [5, 5.41) is 3.09. The largest absolute Gasteiger partial charge is 0.493 e. The molecular weight excluding hydrogens is 296 g/mol. The van der Waals surface area contributed by atoms with Crippen molar-refractivity contribution in [3.8, 4) is 11.5 Å². The molecule has 1 aromatic carbocycles. The van der Waals surface area contributed by atoms with E-state index in [-0.39, 0.29) is 5.56 Å². The molecule has 0 radical (unpaired) electrons. The lowest BCUT2D eigenvalue weighted by Gasteiger charge is -2.15. The van der Waals surface area contributed by atoms with Crippen LogP contribution in [0.4, 0.5) is 5.82 Å². The van der Waals surface area contributed by atoms with E-state index in [2.05, 4.69) is 5.32 Å². The van der Waals surface area contributed by atoms with Gasteiger partial charge in [-0.2, -0.15) is 0 Å². The third-order valence-electron chi connectivity index (χ3n) is 3.38. The number of nitrogens with one attached hydrogen (secondary N) is 1. The summed E-state index contributed by atoms with van der Waals surface area (Å²) in [6, 6.07) is 10.2. The van der Waals surface area contributed by atoms with E-state index >= 15 is 0 Å². The van der Waals surface area contributed by atoms with Crippen molar-refractivity contribution in [1.29, 1.82) is 0 Å². The van der Waals surface area contributed by atoms with Crippen molar-refractivity contribution in [1.82, 2.24) is 4.57 Å². The average molecular weight is 314 g/mol. The fraction of sp³-hybridized carbons (Fsp3) is 0.176. The van der Waals surface area contributed by atoms with E-state index < -0.39 is 0 Å². The Labute approximate surface area is 134 Å². The molecule has 1 heterocycles. The number of pyridine rings is 1. The summed E-state index contributed by atoms with van der Waals surface area (Å²) >= 11 is 0. The monoisotopic (exact) mass is 314 g/mol. The van der Waals surface area contributed by atoms with Crippen LogP contribution in [0.5, 0.6) is 11.5 Å². The molecule has 0 saturated carbocycles. The molecule has 2 aromatic rings. The third-order valence-corrected chi connectivity index (χ3v) is 3.38. The summed E-state index contributed by atoms with van der Waals surface area (Å²) in [4.78, 5) is 22.7. The minimum Gasteiger partial charge on any atom is -0.493 e. The second kappa shape index (κ2) is 7.31. The van der Waals surface area contributed by atoms with Crippen LogP contribution in [0, 0.1) is 0 Å². The number of methoxy groups -OCH3 is 2. The van der Waals surface area contributed by atoms with E-state index in [1.807, 2.05) is 0 Å². The Kier molecular flexibility index (Phi) is 5.19. The Morgan fingerprint density at radius 2 is 1.87 bits per heavy atom. The van der Waals surface area contributed by atoms with Gasteiger partial charge in [0.1, 0.15) is 12.1 Å². The van der Waals surface area contributed by atoms with Crippen LogP contribution in [0.15, 0.2) is 47.3 Å². The molecule has 0 fully saturated rings. The molecule has 1 aromatic heterocycles. The summed E-state index contributed by atoms with van der Waals surface area (Å²) < 4.78 is 11.9. The number of carbonyl (C=O) groups is 1. The van der Waals surface area contributed by atoms with Crippen molar-refractivity contribution in [3.05, 3.63) is 58.4 Å². The van der Waals surface area contributed by atoms with Crippen molar-refractivity contribution >= 4 is 17.8 Å². The van der Waals surface area contributed by atoms with Gasteiger partial charge in [0, 0.05) is 24.8 Å². The van der Waals surface area contributed by atoms with Crippen LogP contribution in [-0.4, -0.2) is 25.1 Å². The number of anilines is 1. The number of rotatable bonds is 6. The molecule has 1 N–H and O–H groups in total. The van der Waals surface area contributed by atoms with Gasteiger partial charge < -0.3 is 14.8 Å². The Morgan fingerprint density at radius 1 is 1.13 bits per heavy atom. The number of aromatic nitrogens is 1. The molecule has 23 heavy (non-hydrogen) atoms. The van der Waals surface area contributed by atoms with Crippen molar-refractivity contribution in [2.45, 2.75) is 0 Å². The Bertz CT molecular complexity index is 793. The number of ether oxygens (including phenoxy) is 2. The van der Waals surface area contributed by atoms with Crippen LogP contribution in [-0.2, 0) is 11.8 Å². The first-order chi connectivity index (χ1) is 11.1. The fourth-order valence-corrected chi connectivity index (χ4v) is 2.11. The van der Waals surface area contributed by atoms with Crippen LogP contribution in [0.2, 0.25) is 0 Å². The van der Waals surface area contributed by atoms with Gasteiger partial charge in [-0.3, -0.25) is 14.2 Å². The van der Waals surface area contributed by atoms with E-state index in [1.54, 1.807) is 51.6 Å². The van der Waals surface area contributed by atoms with Gasteiger partial charge in [0.2, 0.25) is 0 Å². The van der Waals surface area contributed by atoms with E-state index in [9.17, 15) is 9.59 Å². The molecule has 2 rings (SSSR count). The Hall–Kier alpha value is -3.02. The molecule has 0 aliphatic rings. The zero-order valence-electron chi connectivity index (χ0n) is 13.2. The normalized spacial score (nSPS) is 11.0. The molecule has 0 atom stereocenters. The number of aldehydes is 1. The molecular formula is C17H18N2O4. The highest BCUT2D eigenvalue weighted by Gasteiger charge is 2.09. The highest BCUT2D eigenvalue weighted by molar-refractivity contribution is 5.87. The first kappa shape index (κ1) is 16.4.